The van der Waals surface area contributed by atoms with E-state index in [0.717, 1.165) is 25.0 Å². The zero-order valence-corrected chi connectivity index (χ0v) is 18.1. The number of likely N-dealkylation sites (tertiary alicyclic amines) is 1. The molecule has 1 aliphatic rings. The van der Waals surface area contributed by atoms with Crippen molar-refractivity contribution < 1.29 is 23.8 Å². The molecule has 1 saturated heterocycles. The summed E-state index contributed by atoms with van der Waals surface area (Å²) in [5.41, 5.74) is 1.35. The lowest BCUT2D eigenvalue weighted by Gasteiger charge is -2.20. The summed E-state index contributed by atoms with van der Waals surface area (Å²) in [4.78, 5) is 18.3. The minimum Gasteiger partial charge on any atom is -0.491 e. The van der Waals surface area contributed by atoms with E-state index in [4.69, 9.17) is 9.47 Å². The Morgan fingerprint density at radius 1 is 1.43 bits per heavy atom. The summed E-state index contributed by atoms with van der Waals surface area (Å²) in [6.45, 7) is 3.43. The Bertz CT molecular complexity index is 847. The number of nitrogens with one attached hydrogen (secondary N) is 1. The molecule has 164 valence electrons. The number of carbonyl (C=O) groups excluding carboxylic acids is 1. The van der Waals surface area contributed by atoms with Gasteiger partial charge in [0.1, 0.15) is 6.04 Å². The molecule has 3 rings (SSSR count). The summed E-state index contributed by atoms with van der Waals surface area (Å²) in [6.07, 6.45) is 2.85. The highest BCUT2D eigenvalue weighted by Gasteiger charge is 2.36. The molecule has 1 fully saturated rings. The monoisotopic (exact) mass is 437 g/mol. The van der Waals surface area contributed by atoms with Crippen LogP contribution in [0.25, 0.3) is 0 Å². The third-order valence-electron chi connectivity index (χ3n) is 4.96. The first-order valence-electron chi connectivity index (χ1n) is 10.1. The van der Waals surface area contributed by atoms with E-state index in [1.54, 1.807) is 12.1 Å². The number of halogens is 1. The number of benzene rings is 1. The number of esters is 1. The van der Waals surface area contributed by atoms with Crippen molar-refractivity contribution in [2.45, 2.75) is 51.3 Å². The van der Waals surface area contributed by atoms with Crippen LogP contribution in [-0.2, 0) is 16.1 Å². The first-order valence-corrected chi connectivity index (χ1v) is 11.0. The van der Waals surface area contributed by atoms with Crippen LogP contribution in [0.1, 0.15) is 38.3 Å². The summed E-state index contributed by atoms with van der Waals surface area (Å²) in [5.74, 6) is -0.522. The van der Waals surface area contributed by atoms with Crippen molar-refractivity contribution in [3.05, 3.63) is 35.1 Å². The molecule has 1 aromatic heterocycles. The molecule has 30 heavy (non-hydrogen) atoms. The summed E-state index contributed by atoms with van der Waals surface area (Å²) in [6, 6.07) is 4.29. The lowest BCUT2D eigenvalue weighted by Crippen LogP contribution is -2.36. The van der Waals surface area contributed by atoms with Gasteiger partial charge in [-0.25, -0.2) is 9.37 Å². The van der Waals surface area contributed by atoms with Crippen molar-refractivity contribution in [1.29, 1.82) is 0 Å². The molecule has 0 bridgehead atoms. The Kier molecular flexibility index (Phi) is 8.01. The molecule has 9 heteroatoms. The second kappa shape index (κ2) is 10.7. The SMILES string of the molecule is CCCCCOc1ccc(Nc2nc(CN3CC(O)CC3C(=O)OC)cs2)cc1F. The molecule has 2 N–H and O–H groups in total. The quantitative estimate of drug-likeness (QED) is 0.433. The first kappa shape index (κ1) is 22.5. The average molecular weight is 438 g/mol. The number of hydrogen-bond donors (Lipinski definition) is 2. The van der Waals surface area contributed by atoms with E-state index in [2.05, 4.69) is 17.2 Å². The number of carbonyl (C=O) groups is 1. The van der Waals surface area contributed by atoms with Gasteiger partial charge in [-0.2, -0.15) is 0 Å². The number of anilines is 2. The molecule has 2 atom stereocenters. The van der Waals surface area contributed by atoms with Crippen LogP contribution in [0.3, 0.4) is 0 Å². The van der Waals surface area contributed by atoms with E-state index in [9.17, 15) is 14.3 Å². The smallest absolute Gasteiger partial charge is 0.323 e. The lowest BCUT2D eigenvalue weighted by atomic mass is 10.2. The minimum atomic E-state index is -0.559. The standard InChI is InChI=1S/C21H28FN3O4S/c1-3-4-5-8-29-19-7-6-14(9-17(19)22)23-21-24-15(13-30-21)11-25-12-16(26)10-18(25)20(27)28-2/h6-7,9,13,16,18,26H,3-5,8,10-12H2,1-2H3,(H,23,24). The number of thiazole rings is 1. The van der Waals surface area contributed by atoms with Gasteiger partial charge < -0.3 is 19.9 Å². The van der Waals surface area contributed by atoms with Gasteiger partial charge in [-0.3, -0.25) is 9.69 Å². The van der Waals surface area contributed by atoms with Crippen molar-refractivity contribution in [3.63, 3.8) is 0 Å². The van der Waals surface area contributed by atoms with E-state index in [1.807, 2.05) is 10.3 Å². The second-order valence-corrected chi connectivity index (χ2v) is 8.19. The van der Waals surface area contributed by atoms with Crippen LogP contribution in [0.15, 0.2) is 23.6 Å². The fourth-order valence-electron chi connectivity index (χ4n) is 3.43. The number of nitrogens with zero attached hydrogens (tertiary/aromatic N) is 2. The van der Waals surface area contributed by atoms with Crippen LogP contribution >= 0.6 is 11.3 Å². The van der Waals surface area contributed by atoms with Gasteiger partial charge in [0, 0.05) is 36.6 Å². The van der Waals surface area contributed by atoms with E-state index < -0.39 is 18.0 Å². The van der Waals surface area contributed by atoms with Crippen LogP contribution in [0.2, 0.25) is 0 Å². The van der Waals surface area contributed by atoms with Gasteiger partial charge in [0.2, 0.25) is 0 Å². The first-order chi connectivity index (χ1) is 14.5. The van der Waals surface area contributed by atoms with Crippen LogP contribution < -0.4 is 10.1 Å². The molecule has 0 aliphatic carbocycles. The molecule has 0 radical (unpaired) electrons. The van der Waals surface area contributed by atoms with E-state index in [0.29, 0.717) is 36.9 Å². The molecular formula is C21H28FN3O4S. The fraction of sp³-hybridized carbons (Fsp3) is 0.524. The Labute approximate surface area is 179 Å². The number of aliphatic hydroxyl groups is 1. The predicted molar refractivity (Wildman–Crippen MR) is 114 cm³/mol. The molecule has 0 amide bonds. The zero-order chi connectivity index (χ0) is 21.5. The topological polar surface area (TPSA) is 83.9 Å². The van der Waals surface area contributed by atoms with E-state index >= 15 is 0 Å². The Morgan fingerprint density at radius 2 is 2.27 bits per heavy atom. The number of aliphatic hydroxyl groups excluding tert-OH is 1. The Hall–Kier alpha value is -2.23. The summed E-state index contributed by atoms with van der Waals surface area (Å²) < 4.78 is 24.6. The number of rotatable bonds is 10. The van der Waals surface area contributed by atoms with Crippen molar-refractivity contribution in [2.75, 3.05) is 25.6 Å². The van der Waals surface area contributed by atoms with Gasteiger partial charge in [0.05, 0.1) is 25.5 Å². The molecule has 7 nitrogen and oxygen atoms in total. The van der Waals surface area contributed by atoms with Gasteiger partial charge >= 0.3 is 5.97 Å². The number of hydrogen-bond acceptors (Lipinski definition) is 8. The van der Waals surface area contributed by atoms with Gasteiger partial charge in [0.25, 0.3) is 0 Å². The molecule has 1 aromatic carbocycles. The minimum absolute atomic E-state index is 0.248. The molecule has 0 spiro atoms. The normalized spacial score (nSPS) is 19.1. The highest BCUT2D eigenvalue weighted by molar-refractivity contribution is 7.13. The maximum atomic E-state index is 14.3. The number of methoxy groups -OCH3 is 1. The van der Waals surface area contributed by atoms with Gasteiger partial charge in [-0.15, -0.1) is 11.3 Å². The predicted octanol–water partition coefficient (Wildman–Crippen LogP) is 3.70. The van der Waals surface area contributed by atoms with Crippen LogP contribution in [0.5, 0.6) is 5.75 Å². The second-order valence-electron chi connectivity index (χ2n) is 7.33. The number of unbranched alkanes of at least 4 members (excludes halogenated alkanes) is 2. The largest absolute Gasteiger partial charge is 0.491 e. The molecule has 2 unspecified atom stereocenters. The highest BCUT2D eigenvalue weighted by atomic mass is 32.1. The van der Waals surface area contributed by atoms with E-state index in [-0.39, 0.29) is 11.7 Å². The maximum absolute atomic E-state index is 14.3. The number of ether oxygens (including phenoxy) is 2. The summed E-state index contributed by atoms with van der Waals surface area (Å²) in [5, 5.41) is 15.5. The highest BCUT2D eigenvalue weighted by Crippen LogP contribution is 2.27. The summed E-state index contributed by atoms with van der Waals surface area (Å²) >= 11 is 1.39. The van der Waals surface area contributed by atoms with Gasteiger partial charge in [-0.1, -0.05) is 19.8 Å². The van der Waals surface area contributed by atoms with Crippen molar-refractivity contribution >= 4 is 28.1 Å². The molecule has 0 saturated carbocycles. The molecule has 2 heterocycles. The fourth-order valence-corrected chi connectivity index (χ4v) is 4.16. The average Bonchev–Trinajstić information content (AvgIpc) is 3.32. The Balaban J connectivity index is 1.57. The van der Waals surface area contributed by atoms with E-state index in [1.165, 1.54) is 24.5 Å². The maximum Gasteiger partial charge on any atom is 0.323 e. The lowest BCUT2D eigenvalue weighted by molar-refractivity contribution is -0.146. The van der Waals surface area contributed by atoms with Crippen molar-refractivity contribution in [3.8, 4) is 5.75 Å². The molecule has 1 aliphatic heterocycles. The zero-order valence-electron chi connectivity index (χ0n) is 17.3. The third-order valence-corrected chi connectivity index (χ3v) is 5.77. The molecular weight excluding hydrogens is 409 g/mol. The van der Waals surface area contributed by atoms with Crippen molar-refractivity contribution in [1.82, 2.24) is 9.88 Å². The molecule has 2 aromatic rings. The van der Waals surface area contributed by atoms with Crippen molar-refractivity contribution in [2.24, 2.45) is 0 Å². The summed E-state index contributed by atoms with van der Waals surface area (Å²) in [7, 11) is 1.34. The Morgan fingerprint density at radius 3 is 3.00 bits per heavy atom. The number of aromatic nitrogens is 1. The van der Waals surface area contributed by atoms with Crippen LogP contribution in [0.4, 0.5) is 15.2 Å². The van der Waals surface area contributed by atoms with Gasteiger partial charge in [0.15, 0.2) is 16.7 Å². The van der Waals surface area contributed by atoms with Crippen LogP contribution in [0, 0.1) is 5.82 Å². The third kappa shape index (κ3) is 5.90. The van der Waals surface area contributed by atoms with Crippen LogP contribution in [-0.4, -0.2) is 53.4 Å². The van der Waals surface area contributed by atoms with Gasteiger partial charge in [-0.05, 0) is 18.6 Å². The number of β-amino-alcohol motifs (C(OH)–C–C–N with tert-alkyl or cyclic N) is 1.